The minimum Gasteiger partial charge on any atom is -0.497 e. The Labute approximate surface area is 102 Å². The number of hydrogen-bond donors (Lipinski definition) is 0. The molecule has 2 aromatic rings. The highest BCUT2D eigenvalue weighted by Gasteiger charge is 2.07. The van der Waals surface area contributed by atoms with Gasteiger partial charge < -0.3 is 4.74 Å². The molecule has 88 valence electrons. The van der Waals surface area contributed by atoms with E-state index in [0.717, 1.165) is 11.4 Å². The van der Waals surface area contributed by atoms with Crippen molar-refractivity contribution in [1.82, 2.24) is 4.98 Å². The third kappa shape index (κ3) is 2.16. The van der Waals surface area contributed by atoms with Crippen molar-refractivity contribution in [2.75, 3.05) is 7.11 Å². The molecule has 0 N–H and O–H groups in total. The van der Waals surface area contributed by atoms with E-state index in [4.69, 9.17) is 4.74 Å². The van der Waals surface area contributed by atoms with E-state index < -0.39 is 0 Å². The summed E-state index contributed by atoms with van der Waals surface area (Å²) in [7, 11) is 1.69. The first-order valence-corrected chi connectivity index (χ1v) is 5.70. The van der Waals surface area contributed by atoms with Crippen LogP contribution in [-0.4, -0.2) is 12.1 Å². The predicted molar refractivity (Wildman–Crippen MR) is 70.4 cm³/mol. The molecule has 2 nitrogen and oxygen atoms in total. The topological polar surface area (TPSA) is 22.1 Å². The smallest absolute Gasteiger partial charge is 0.119 e. The maximum Gasteiger partial charge on any atom is 0.119 e. The van der Waals surface area contributed by atoms with Gasteiger partial charge in [0.15, 0.2) is 0 Å². The molecule has 1 heterocycles. The number of aryl methyl sites for hydroxylation is 2. The first kappa shape index (κ1) is 11.6. The van der Waals surface area contributed by atoms with Crippen molar-refractivity contribution in [2.24, 2.45) is 0 Å². The number of ether oxygens (including phenoxy) is 1. The third-order valence-corrected chi connectivity index (χ3v) is 3.18. The number of aromatic nitrogens is 1. The van der Waals surface area contributed by atoms with Gasteiger partial charge in [-0.25, -0.2) is 0 Å². The third-order valence-electron chi connectivity index (χ3n) is 3.18. The van der Waals surface area contributed by atoms with Crippen LogP contribution in [0.15, 0.2) is 30.5 Å². The Morgan fingerprint density at radius 3 is 2.41 bits per heavy atom. The molecule has 0 unspecified atom stereocenters. The average molecular weight is 227 g/mol. The molecule has 0 saturated carbocycles. The number of benzene rings is 1. The molecule has 2 heteroatoms. The molecule has 0 bridgehead atoms. The van der Waals surface area contributed by atoms with Gasteiger partial charge in [0.05, 0.1) is 7.11 Å². The molecule has 17 heavy (non-hydrogen) atoms. The van der Waals surface area contributed by atoms with Crippen LogP contribution >= 0.6 is 0 Å². The molecule has 0 aliphatic heterocycles. The molecule has 0 atom stereocenters. The van der Waals surface area contributed by atoms with E-state index in [1.54, 1.807) is 7.11 Å². The van der Waals surface area contributed by atoms with Gasteiger partial charge >= 0.3 is 0 Å². The fourth-order valence-corrected chi connectivity index (χ4v) is 2.00. The molecular weight excluding hydrogens is 210 g/mol. The normalized spacial score (nSPS) is 10.4. The zero-order valence-corrected chi connectivity index (χ0v) is 10.7. The number of nitrogens with zero attached hydrogens (tertiary/aromatic N) is 1. The molecule has 0 radical (unpaired) electrons. The Morgan fingerprint density at radius 1 is 1.00 bits per heavy atom. The van der Waals surface area contributed by atoms with Crippen molar-refractivity contribution < 1.29 is 4.74 Å². The first-order chi connectivity index (χ1) is 8.13. The predicted octanol–water partition coefficient (Wildman–Crippen LogP) is 3.68. The van der Waals surface area contributed by atoms with Crippen LogP contribution in [0, 0.1) is 20.8 Å². The van der Waals surface area contributed by atoms with E-state index >= 15 is 0 Å². The van der Waals surface area contributed by atoms with Crippen molar-refractivity contribution in [2.45, 2.75) is 20.8 Å². The minimum atomic E-state index is 0.898. The van der Waals surface area contributed by atoms with E-state index in [9.17, 15) is 0 Å². The fraction of sp³-hybridized carbons (Fsp3) is 0.267. The minimum absolute atomic E-state index is 0.898. The summed E-state index contributed by atoms with van der Waals surface area (Å²) in [4.78, 5) is 4.30. The van der Waals surface area contributed by atoms with Gasteiger partial charge in [0.25, 0.3) is 0 Å². The molecule has 1 aromatic heterocycles. The Bertz CT molecular complexity index is 547. The zero-order valence-electron chi connectivity index (χ0n) is 10.7. The lowest BCUT2D eigenvalue weighted by molar-refractivity contribution is 0.414. The van der Waals surface area contributed by atoms with E-state index in [2.05, 4.69) is 37.0 Å². The van der Waals surface area contributed by atoms with Crippen molar-refractivity contribution in [3.63, 3.8) is 0 Å². The van der Waals surface area contributed by atoms with Gasteiger partial charge in [-0.05, 0) is 61.2 Å². The average Bonchev–Trinajstić information content (AvgIpc) is 2.33. The number of rotatable bonds is 2. The maximum atomic E-state index is 5.23. The second-order valence-corrected chi connectivity index (χ2v) is 4.25. The fourth-order valence-electron chi connectivity index (χ4n) is 2.00. The van der Waals surface area contributed by atoms with Crippen LogP contribution in [0.4, 0.5) is 0 Å². The number of pyridine rings is 1. The highest BCUT2D eigenvalue weighted by atomic mass is 16.5. The standard InChI is InChI=1S/C15H17NO/c1-10-9-13(17-4)5-6-14(10)15-7-8-16-12(3)11(15)2/h5-9H,1-4H3. The van der Waals surface area contributed by atoms with Gasteiger partial charge in [-0.15, -0.1) is 0 Å². The first-order valence-electron chi connectivity index (χ1n) is 5.70. The summed E-state index contributed by atoms with van der Waals surface area (Å²) < 4.78 is 5.23. The molecule has 0 fully saturated rings. The Kier molecular flexibility index (Phi) is 3.14. The second kappa shape index (κ2) is 4.58. The molecule has 1 aromatic carbocycles. The lowest BCUT2D eigenvalue weighted by Crippen LogP contribution is -1.93. The summed E-state index contributed by atoms with van der Waals surface area (Å²) in [6, 6.07) is 8.23. The lowest BCUT2D eigenvalue weighted by atomic mass is 9.96. The van der Waals surface area contributed by atoms with Crippen molar-refractivity contribution in [3.8, 4) is 16.9 Å². The van der Waals surface area contributed by atoms with Gasteiger partial charge in [0, 0.05) is 11.9 Å². The van der Waals surface area contributed by atoms with Crippen LogP contribution in [0.1, 0.15) is 16.8 Å². The van der Waals surface area contributed by atoms with Crippen LogP contribution in [-0.2, 0) is 0 Å². The summed E-state index contributed by atoms with van der Waals surface area (Å²) in [6.07, 6.45) is 1.86. The second-order valence-electron chi connectivity index (χ2n) is 4.25. The summed E-state index contributed by atoms with van der Waals surface area (Å²) in [5.74, 6) is 0.898. The summed E-state index contributed by atoms with van der Waals surface area (Å²) in [5, 5.41) is 0. The van der Waals surface area contributed by atoms with E-state index in [1.165, 1.54) is 22.3 Å². The van der Waals surface area contributed by atoms with Gasteiger partial charge in [0.2, 0.25) is 0 Å². The van der Waals surface area contributed by atoms with Crippen molar-refractivity contribution in [3.05, 3.63) is 47.3 Å². The van der Waals surface area contributed by atoms with Crippen molar-refractivity contribution in [1.29, 1.82) is 0 Å². The molecule has 0 aliphatic carbocycles. The summed E-state index contributed by atoms with van der Waals surface area (Å²) in [5.41, 5.74) is 6.03. The van der Waals surface area contributed by atoms with Crippen molar-refractivity contribution >= 4 is 0 Å². The summed E-state index contributed by atoms with van der Waals surface area (Å²) in [6.45, 7) is 6.26. The van der Waals surface area contributed by atoms with Gasteiger partial charge in [-0.2, -0.15) is 0 Å². The van der Waals surface area contributed by atoms with E-state index in [-0.39, 0.29) is 0 Å². The SMILES string of the molecule is COc1ccc(-c2ccnc(C)c2C)c(C)c1. The highest BCUT2D eigenvalue weighted by Crippen LogP contribution is 2.29. The molecule has 0 saturated heterocycles. The van der Waals surface area contributed by atoms with Crippen LogP contribution < -0.4 is 4.74 Å². The maximum absolute atomic E-state index is 5.23. The van der Waals surface area contributed by atoms with Gasteiger partial charge in [-0.1, -0.05) is 6.07 Å². The lowest BCUT2D eigenvalue weighted by Gasteiger charge is -2.12. The molecular formula is C15H17NO. The Hall–Kier alpha value is -1.83. The molecule has 2 rings (SSSR count). The largest absolute Gasteiger partial charge is 0.497 e. The van der Waals surface area contributed by atoms with Crippen LogP contribution in [0.5, 0.6) is 5.75 Å². The number of hydrogen-bond acceptors (Lipinski definition) is 2. The quantitative estimate of drug-likeness (QED) is 0.780. The van der Waals surface area contributed by atoms with E-state index in [1.807, 2.05) is 19.2 Å². The molecule has 0 amide bonds. The summed E-state index contributed by atoms with van der Waals surface area (Å²) >= 11 is 0. The van der Waals surface area contributed by atoms with Gasteiger partial charge in [0.1, 0.15) is 5.75 Å². The Balaban J connectivity index is 2.57. The monoisotopic (exact) mass is 227 g/mol. The van der Waals surface area contributed by atoms with Crippen LogP contribution in [0.2, 0.25) is 0 Å². The van der Waals surface area contributed by atoms with Gasteiger partial charge in [-0.3, -0.25) is 4.98 Å². The molecule has 0 spiro atoms. The zero-order chi connectivity index (χ0) is 12.4. The number of methoxy groups -OCH3 is 1. The Morgan fingerprint density at radius 2 is 1.76 bits per heavy atom. The van der Waals surface area contributed by atoms with Crippen LogP contribution in [0.3, 0.4) is 0 Å². The van der Waals surface area contributed by atoms with Crippen LogP contribution in [0.25, 0.3) is 11.1 Å². The highest BCUT2D eigenvalue weighted by molar-refractivity contribution is 5.71. The molecule has 0 aliphatic rings. The van der Waals surface area contributed by atoms with E-state index in [0.29, 0.717) is 0 Å².